The van der Waals surface area contributed by atoms with Gasteiger partial charge in [0.1, 0.15) is 16.5 Å². The van der Waals surface area contributed by atoms with Crippen molar-refractivity contribution in [2.45, 2.75) is 26.3 Å². The Morgan fingerprint density at radius 3 is 2.17 bits per heavy atom. The molecular formula is C24H25N3O2S. The molecule has 0 spiro atoms. The molecule has 0 atom stereocenters. The highest BCUT2D eigenvalue weighted by Gasteiger charge is 2.36. The van der Waals surface area contributed by atoms with Crippen LogP contribution in [0.5, 0.6) is 11.5 Å². The summed E-state index contributed by atoms with van der Waals surface area (Å²) in [5, 5.41) is 1.16. The summed E-state index contributed by atoms with van der Waals surface area (Å²) in [5.74, 6) is 1.42. The van der Waals surface area contributed by atoms with Crippen molar-refractivity contribution in [1.29, 1.82) is 0 Å². The molecule has 2 aliphatic rings. The van der Waals surface area contributed by atoms with Crippen LogP contribution in [0.4, 0.5) is 0 Å². The van der Waals surface area contributed by atoms with Crippen LogP contribution in [0, 0.1) is 13.8 Å². The Bertz CT molecular complexity index is 1020. The lowest BCUT2D eigenvalue weighted by molar-refractivity contribution is -0.133. The summed E-state index contributed by atoms with van der Waals surface area (Å²) in [6.45, 7) is 8.27. The number of carbonyl (C=O) groups excluding carboxylic acids is 1. The molecule has 2 aromatic carbocycles. The quantitative estimate of drug-likeness (QED) is 0.634. The van der Waals surface area contributed by atoms with Crippen molar-refractivity contribution in [3.8, 4) is 11.5 Å². The van der Waals surface area contributed by atoms with Crippen molar-refractivity contribution in [3.05, 3.63) is 75.2 Å². The molecule has 2 aliphatic heterocycles. The molecule has 0 bridgehead atoms. The van der Waals surface area contributed by atoms with E-state index in [0.717, 1.165) is 66.1 Å². The van der Waals surface area contributed by atoms with Gasteiger partial charge in [0, 0.05) is 42.2 Å². The van der Waals surface area contributed by atoms with Crippen LogP contribution in [-0.4, -0.2) is 46.9 Å². The van der Waals surface area contributed by atoms with E-state index in [9.17, 15) is 4.79 Å². The molecule has 6 heteroatoms. The monoisotopic (exact) mass is 419 g/mol. The lowest BCUT2D eigenvalue weighted by Crippen LogP contribution is -2.49. The minimum atomic E-state index is -0.304. The average Bonchev–Trinajstić information content (AvgIpc) is 3.08. The summed E-state index contributed by atoms with van der Waals surface area (Å²) >= 11 is 1.78. The zero-order valence-corrected chi connectivity index (χ0v) is 18.1. The highest BCUT2D eigenvalue weighted by atomic mass is 32.1. The number of piperazine rings is 1. The second-order valence-corrected chi connectivity index (χ2v) is 9.25. The number of ether oxygens (including phenoxy) is 1. The van der Waals surface area contributed by atoms with E-state index in [2.05, 4.69) is 23.7 Å². The summed E-state index contributed by atoms with van der Waals surface area (Å²) in [6, 6.07) is 15.8. The predicted molar refractivity (Wildman–Crippen MR) is 118 cm³/mol. The fraction of sp³-hybridized carbons (Fsp3) is 0.333. The van der Waals surface area contributed by atoms with Gasteiger partial charge in [-0.05, 0) is 26.0 Å². The van der Waals surface area contributed by atoms with Crippen LogP contribution in [0.3, 0.4) is 0 Å². The molecule has 0 saturated carbocycles. The number of hydrogen-bond donors (Lipinski definition) is 0. The van der Waals surface area contributed by atoms with E-state index in [0.29, 0.717) is 0 Å². The molecule has 0 aliphatic carbocycles. The molecule has 0 radical (unpaired) electrons. The van der Waals surface area contributed by atoms with Gasteiger partial charge < -0.3 is 9.64 Å². The maximum Gasteiger partial charge on any atom is 0.234 e. The molecule has 1 amide bonds. The highest BCUT2D eigenvalue weighted by molar-refractivity contribution is 7.11. The molecule has 5 rings (SSSR count). The van der Waals surface area contributed by atoms with Crippen LogP contribution in [0.1, 0.15) is 32.6 Å². The van der Waals surface area contributed by atoms with Crippen LogP contribution in [0.2, 0.25) is 0 Å². The summed E-state index contributed by atoms with van der Waals surface area (Å²) in [4.78, 5) is 24.0. The minimum absolute atomic E-state index is 0.166. The Morgan fingerprint density at radius 1 is 1.00 bits per heavy atom. The summed E-state index contributed by atoms with van der Waals surface area (Å²) in [5.41, 5.74) is 3.04. The first-order chi connectivity index (χ1) is 14.6. The standard InChI is InChI=1S/C24H25N3O2S/c1-16-17(2)30-22(25-16)15-26-11-13-27(14-12-26)24(28)23-18-7-3-5-9-20(18)29-21-10-6-4-8-19(21)23/h3-10,23H,11-15H2,1-2H3. The molecule has 1 saturated heterocycles. The fourth-order valence-corrected chi connectivity index (χ4v) is 5.26. The highest BCUT2D eigenvalue weighted by Crippen LogP contribution is 2.44. The first-order valence-electron chi connectivity index (χ1n) is 10.4. The molecule has 30 heavy (non-hydrogen) atoms. The van der Waals surface area contributed by atoms with Crippen LogP contribution in [0.15, 0.2) is 48.5 Å². The van der Waals surface area contributed by atoms with Gasteiger partial charge in [-0.1, -0.05) is 36.4 Å². The number of nitrogens with zero attached hydrogens (tertiary/aromatic N) is 3. The van der Waals surface area contributed by atoms with Crippen LogP contribution < -0.4 is 4.74 Å². The number of thiazole rings is 1. The van der Waals surface area contributed by atoms with E-state index in [4.69, 9.17) is 4.74 Å². The SMILES string of the molecule is Cc1nc(CN2CCN(C(=O)C3c4ccccc4Oc4ccccc43)CC2)sc1C. The van der Waals surface area contributed by atoms with Crippen molar-refractivity contribution < 1.29 is 9.53 Å². The summed E-state index contributed by atoms with van der Waals surface area (Å²) in [6.07, 6.45) is 0. The third-order valence-electron chi connectivity index (χ3n) is 6.04. The number of benzene rings is 2. The van der Waals surface area contributed by atoms with Gasteiger partial charge >= 0.3 is 0 Å². The lowest BCUT2D eigenvalue weighted by atomic mass is 9.86. The number of para-hydroxylation sites is 2. The van der Waals surface area contributed by atoms with Crippen molar-refractivity contribution in [1.82, 2.24) is 14.8 Å². The number of hydrogen-bond acceptors (Lipinski definition) is 5. The van der Waals surface area contributed by atoms with Gasteiger partial charge in [-0.25, -0.2) is 4.98 Å². The third-order valence-corrected chi connectivity index (χ3v) is 7.10. The van der Waals surface area contributed by atoms with Crippen LogP contribution in [0.25, 0.3) is 0 Å². The number of rotatable bonds is 3. The second kappa shape index (κ2) is 7.85. The Hall–Kier alpha value is -2.70. The maximum atomic E-state index is 13.6. The topological polar surface area (TPSA) is 45.7 Å². The van der Waals surface area contributed by atoms with E-state index in [-0.39, 0.29) is 11.8 Å². The van der Waals surface area contributed by atoms with Gasteiger partial charge in [0.2, 0.25) is 5.91 Å². The largest absolute Gasteiger partial charge is 0.457 e. The van der Waals surface area contributed by atoms with Crippen molar-refractivity contribution in [2.75, 3.05) is 26.2 Å². The van der Waals surface area contributed by atoms with Gasteiger partial charge in [0.05, 0.1) is 18.2 Å². The van der Waals surface area contributed by atoms with E-state index < -0.39 is 0 Å². The van der Waals surface area contributed by atoms with E-state index in [1.165, 1.54) is 4.88 Å². The van der Waals surface area contributed by atoms with Gasteiger partial charge in [-0.2, -0.15) is 0 Å². The average molecular weight is 420 g/mol. The van der Waals surface area contributed by atoms with Gasteiger partial charge in [-0.3, -0.25) is 9.69 Å². The fourth-order valence-electron chi connectivity index (χ4n) is 4.28. The van der Waals surface area contributed by atoms with Crippen LogP contribution >= 0.6 is 11.3 Å². The van der Waals surface area contributed by atoms with Gasteiger partial charge in [0.15, 0.2) is 0 Å². The smallest absolute Gasteiger partial charge is 0.234 e. The van der Waals surface area contributed by atoms with E-state index in [1.807, 2.05) is 53.4 Å². The number of amides is 1. The molecule has 3 aromatic rings. The summed E-state index contributed by atoms with van der Waals surface area (Å²) < 4.78 is 6.06. The second-order valence-electron chi connectivity index (χ2n) is 7.96. The number of carbonyl (C=O) groups is 1. The molecule has 1 fully saturated rings. The first-order valence-corrected chi connectivity index (χ1v) is 11.2. The maximum absolute atomic E-state index is 13.6. The normalized spacial score (nSPS) is 16.7. The lowest BCUT2D eigenvalue weighted by Gasteiger charge is -2.37. The molecule has 0 N–H and O–H groups in total. The van der Waals surface area contributed by atoms with Gasteiger partial charge in [-0.15, -0.1) is 11.3 Å². The Balaban J connectivity index is 1.32. The first kappa shape index (κ1) is 19.3. The van der Waals surface area contributed by atoms with Crippen molar-refractivity contribution in [2.24, 2.45) is 0 Å². The Labute approximate surface area is 180 Å². The number of aryl methyl sites for hydroxylation is 2. The Kier molecular flexibility index (Phi) is 5.05. The predicted octanol–water partition coefficient (Wildman–Crippen LogP) is 4.34. The summed E-state index contributed by atoms with van der Waals surface area (Å²) in [7, 11) is 0. The van der Waals surface area contributed by atoms with Crippen LogP contribution in [-0.2, 0) is 11.3 Å². The van der Waals surface area contributed by atoms with Gasteiger partial charge in [0.25, 0.3) is 0 Å². The van der Waals surface area contributed by atoms with E-state index in [1.54, 1.807) is 11.3 Å². The molecule has 1 aromatic heterocycles. The minimum Gasteiger partial charge on any atom is -0.457 e. The van der Waals surface area contributed by atoms with E-state index >= 15 is 0 Å². The number of aromatic nitrogens is 1. The molecule has 3 heterocycles. The Morgan fingerprint density at radius 2 is 1.60 bits per heavy atom. The van der Waals surface area contributed by atoms with Crippen molar-refractivity contribution >= 4 is 17.2 Å². The van der Waals surface area contributed by atoms with Crippen molar-refractivity contribution in [3.63, 3.8) is 0 Å². The molecule has 154 valence electrons. The molecule has 0 unspecified atom stereocenters. The molecular weight excluding hydrogens is 394 g/mol. The third kappa shape index (κ3) is 3.50. The molecule has 5 nitrogen and oxygen atoms in total. The number of fused-ring (bicyclic) bond motifs is 2. The zero-order chi connectivity index (χ0) is 20.7. The zero-order valence-electron chi connectivity index (χ0n) is 17.3.